The number of carbonyl (C=O) groups excluding carboxylic acids is 1. The van der Waals surface area contributed by atoms with Gasteiger partial charge in [0.1, 0.15) is 5.78 Å². The first-order valence-electron chi connectivity index (χ1n) is 7.06. The van der Waals surface area contributed by atoms with Crippen LogP contribution < -0.4 is 0 Å². The number of ketones is 1. The molecule has 0 amide bonds. The third-order valence-electron chi connectivity index (χ3n) is 4.51. The fourth-order valence-corrected chi connectivity index (χ4v) is 2.70. The Bertz CT molecular complexity index is 386. The Morgan fingerprint density at radius 1 is 1.20 bits per heavy atom. The summed E-state index contributed by atoms with van der Waals surface area (Å²) in [7, 11) is 0. The molecule has 3 atom stereocenters. The largest absolute Gasteiger partial charge is 0.361 e. The molecule has 0 radical (unpaired) electrons. The van der Waals surface area contributed by atoms with Crippen LogP contribution in [0.4, 0.5) is 0 Å². The molecule has 0 heterocycles. The van der Waals surface area contributed by atoms with Gasteiger partial charge in [-0.1, -0.05) is 26.0 Å². The van der Waals surface area contributed by atoms with Crippen molar-refractivity contribution in [1.29, 1.82) is 0 Å². The number of hydrogen-bond acceptors (Lipinski definition) is 5. The Hall–Kier alpha value is -0.750. The van der Waals surface area contributed by atoms with Crippen molar-refractivity contribution in [3.63, 3.8) is 0 Å². The van der Waals surface area contributed by atoms with Crippen molar-refractivity contribution >= 4 is 5.78 Å². The second-order valence-corrected chi connectivity index (χ2v) is 6.34. The van der Waals surface area contributed by atoms with Crippen LogP contribution in [0.15, 0.2) is 12.2 Å². The minimum absolute atomic E-state index is 0.00640. The van der Waals surface area contributed by atoms with Crippen LogP contribution in [0.1, 0.15) is 46.5 Å². The highest BCUT2D eigenvalue weighted by atomic mass is 16.6. The van der Waals surface area contributed by atoms with E-state index in [0.717, 1.165) is 5.57 Å². The van der Waals surface area contributed by atoms with Gasteiger partial charge in [0, 0.05) is 24.7 Å². The van der Waals surface area contributed by atoms with Gasteiger partial charge in [-0.05, 0) is 25.7 Å². The van der Waals surface area contributed by atoms with Gasteiger partial charge in [-0.25, -0.2) is 0 Å². The van der Waals surface area contributed by atoms with Gasteiger partial charge in [-0.2, -0.15) is 0 Å². The minimum Gasteiger partial charge on any atom is -0.361 e. The smallest absolute Gasteiger partial charge is 0.221 e. The van der Waals surface area contributed by atoms with Crippen LogP contribution >= 0.6 is 0 Å². The molecule has 116 valence electrons. The summed E-state index contributed by atoms with van der Waals surface area (Å²) in [6.45, 7) is 8.86. The van der Waals surface area contributed by atoms with Gasteiger partial charge >= 0.3 is 0 Å². The summed E-state index contributed by atoms with van der Waals surface area (Å²) in [5.74, 6) is -6.84. The van der Waals surface area contributed by atoms with Crippen molar-refractivity contribution in [2.75, 3.05) is 0 Å². The summed E-state index contributed by atoms with van der Waals surface area (Å²) in [6.07, 6.45) is 0.845. The van der Waals surface area contributed by atoms with E-state index in [2.05, 4.69) is 6.58 Å². The fraction of sp³-hybridized carbons (Fsp3) is 0.800. The van der Waals surface area contributed by atoms with E-state index in [4.69, 9.17) is 0 Å². The van der Waals surface area contributed by atoms with Gasteiger partial charge in [0.2, 0.25) is 11.6 Å². The van der Waals surface area contributed by atoms with Crippen LogP contribution in [0.25, 0.3) is 0 Å². The van der Waals surface area contributed by atoms with Crippen molar-refractivity contribution in [1.82, 2.24) is 0 Å². The van der Waals surface area contributed by atoms with E-state index in [0.29, 0.717) is 19.3 Å². The summed E-state index contributed by atoms with van der Waals surface area (Å²) in [6, 6.07) is 0. The van der Waals surface area contributed by atoms with Gasteiger partial charge in [0.15, 0.2) is 0 Å². The van der Waals surface area contributed by atoms with E-state index in [-0.39, 0.29) is 11.7 Å². The molecule has 0 unspecified atom stereocenters. The van der Waals surface area contributed by atoms with Crippen LogP contribution in [0.3, 0.4) is 0 Å². The molecule has 1 aliphatic carbocycles. The number of allylic oxidation sites excluding steroid dienone is 1. The summed E-state index contributed by atoms with van der Waals surface area (Å²) in [5.41, 5.74) is 0.888. The molecule has 5 nitrogen and oxygen atoms in total. The predicted molar refractivity (Wildman–Crippen MR) is 74.4 cm³/mol. The van der Waals surface area contributed by atoms with Gasteiger partial charge in [0.05, 0.1) is 0 Å². The van der Waals surface area contributed by atoms with E-state index in [9.17, 15) is 25.2 Å². The van der Waals surface area contributed by atoms with E-state index in [1.54, 1.807) is 13.8 Å². The third-order valence-corrected chi connectivity index (χ3v) is 4.51. The van der Waals surface area contributed by atoms with Gasteiger partial charge < -0.3 is 20.4 Å². The number of rotatable bonds is 1. The van der Waals surface area contributed by atoms with Crippen LogP contribution in [0, 0.1) is 17.8 Å². The molecule has 0 spiro atoms. The van der Waals surface area contributed by atoms with Crippen molar-refractivity contribution in [3.05, 3.63) is 12.2 Å². The fourth-order valence-electron chi connectivity index (χ4n) is 2.70. The third kappa shape index (κ3) is 3.47. The molecular formula is C15H26O5. The molecule has 1 fully saturated rings. The second kappa shape index (κ2) is 5.93. The topological polar surface area (TPSA) is 98.0 Å². The molecule has 0 aromatic carbocycles. The summed E-state index contributed by atoms with van der Waals surface area (Å²) in [5, 5.41) is 40.0. The molecule has 5 heteroatoms. The Morgan fingerprint density at radius 2 is 1.75 bits per heavy atom. The van der Waals surface area contributed by atoms with E-state index in [1.165, 1.54) is 0 Å². The van der Waals surface area contributed by atoms with E-state index in [1.807, 2.05) is 6.92 Å². The first-order valence-corrected chi connectivity index (χ1v) is 7.06. The van der Waals surface area contributed by atoms with Crippen molar-refractivity contribution in [2.45, 2.75) is 58.0 Å². The Kier molecular flexibility index (Phi) is 5.13. The standard InChI is InChI=1S/C15H26O5/c1-9(2)12-6-5-11(4)15(19,20)14(17,18)8-10(3)13(16)7-12/h10-12,17-20H,1,5-8H2,2-4H3/t10-,11+,12+/m0/s1. The zero-order chi connectivity index (χ0) is 15.7. The van der Waals surface area contributed by atoms with Crippen LogP contribution in [0.5, 0.6) is 0 Å². The van der Waals surface area contributed by atoms with Gasteiger partial charge in [0.25, 0.3) is 0 Å². The Balaban J connectivity index is 3.07. The lowest BCUT2D eigenvalue weighted by Gasteiger charge is -2.41. The summed E-state index contributed by atoms with van der Waals surface area (Å²) < 4.78 is 0. The average molecular weight is 286 g/mol. The average Bonchev–Trinajstić information content (AvgIpc) is 2.31. The molecule has 0 aliphatic heterocycles. The number of Topliss-reactive ketones (excluding diaryl/α,β-unsaturated/α-hetero) is 1. The highest BCUT2D eigenvalue weighted by molar-refractivity contribution is 5.81. The zero-order valence-corrected chi connectivity index (χ0v) is 12.5. The first kappa shape index (κ1) is 17.3. The quantitative estimate of drug-likeness (QED) is 0.425. The molecular weight excluding hydrogens is 260 g/mol. The molecule has 1 aliphatic rings. The highest BCUT2D eigenvalue weighted by Gasteiger charge is 2.52. The number of aliphatic hydroxyl groups is 4. The Labute approximate surface area is 119 Å². The molecule has 0 aromatic heterocycles. The lowest BCUT2D eigenvalue weighted by molar-refractivity contribution is -0.379. The van der Waals surface area contributed by atoms with E-state index >= 15 is 0 Å². The summed E-state index contributed by atoms with van der Waals surface area (Å²) >= 11 is 0. The van der Waals surface area contributed by atoms with Crippen LogP contribution in [-0.4, -0.2) is 37.8 Å². The second-order valence-electron chi connectivity index (χ2n) is 6.34. The predicted octanol–water partition coefficient (Wildman–Crippen LogP) is 0.956. The van der Waals surface area contributed by atoms with Crippen molar-refractivity contribution < 1.29 is 25.2 Å². The zero-order valence-electron chi connectivity index (χ0n) is 12.5. The molecule has 0 aromatic rings. The molecule has 1 saturated carbocycles. The van der Waals surface area contributed by atoms with Crippen molar-refractivity contribution in [2.24, 2.45) is 17.8 Å². The number of carbonyl (C=O) groups is 1. The Morgan fingerprint density at radius 3 is 2.25 bits per heavy atom. The lowest BCUT2D eigenvalue weighted by Crippen LogP contribution is -2.59. The maximum Gasteiger partial charge on any atom is 0.221 e. The van der Waals surface area contributed by atoms with Crippen molar-refractivity contribution in [3.8, 4) is 0 Å². The molecule has 20 heavy (non-hydrogen) atoms. The maximum atomic E-state index is 12.1. The van der Waals surface area contributed by atoms with Gasteiger partial charge in [-0.15, -0.1) is 0 Å². The summed E-state index contributed by atoms with van der Waals surface area (Å²) in [4.78, 5) is 12.1. The minimum atomic E-state index is -2.70. The van der Waals surface area contributed by atoms with Crippen LogP contribution in [-0.2, 0) is 4.79 Å². The monoisotopic (exact) mass is 286 g/mol. The lowest BCUT2D eigenvalue weighted by atomic mass is 9.77. The first-order chi connectivity index (χ1) is 8.99. The SMILES string of the molecule is C=C(C)[C@@H]1CC[C@@H](C)C(O)(O)C(O)(O)C[C@H](C)C(=O)C1. The highest BCUT2D eigenvalue weighted by Crippen LogP contribution is 2.37. The maximum absolute atomic E-state index is 12.1. The molecule has 0 bridgehead atoms. The van der Waals surface area contributed by atoms with E-state index < -0.39 is 29.8 Å². The van der Waals surface area contributed by atoms with Gasteiger partial charge in [-0.3, -0.25) is 4.79 Å². The molecule has 4 N–H and O–H groups in total. The molecule has 1 rings (SSSR count). The number of hydrogen-bond donors (Lipinski definition) is 4. The normalized spacial score (nSPS) is 34.5. The van der Waals surface area contributed by atoms with Crippen LogP contribution in [0.2, 0.25) is 0 Å². The molecule has 0 saturated heterocycles.